The zero-order valence-corrected chi connectivity index (χ0v) is 12.8. The molecule has 2 unspecified atom stereocenters. The molecule has 0 aromatic heterocycles. The van der Waals surface area contributed by atoms with Crippen LogP contribution in [-0.4, -0.2) is 35.7 Å². The summed E-state index contributed by atoms with van der Waals surface area (Å²) < 4.78 is 0. The first-order valence-corrected chi connectivity index (χ1v) is 7.96. The Morgan fingerprint density at radius 1 is 1.30 bits per heavy atom. The fourth-order valence-corrected chi connectivity index (χ4v) is 3.05. The molecule has 1 fully saturated rings. The van der Waals surface area contributed by atoms with Crippen molar-refractivity contribution in [2.75, 3.05) is 25.0 Å². The predicted molar refractivity (Wildman–Crippen MR) is 85.1 cm³/mol. The predicted octanol–water partition coefficient (Wildman–Crippen LogP) is 3.42. The van der Waals surface area contributed by atoms with Crippen LogP contribution >= 0.6 is 0 Å². The summed E-state index contributed by atoms with van der Waals surface area (Å²) in [5, 5.41) is 13.5. The Bertz CT molecular complexity index is 406. The summed E-state index contributed by atoms with van der Waals surface area (Å²) in [7, 11) is 0. The van der Waals surface area contributed by atoms with Gasteiger partial charge in [-0.15, -0.1) is 0 Å². The largest absolute Gasteiger partial charge is 0.389 e. The van der Waals surface area contributed by atoms with E-state index in [1.165, 1.54) is 45.3 Å². The lowest BCUT2D eigenvalue weighted by Gasteiger charge is -2.22. The Kier molecular flexibility index (Phi) is 5.86. The SMILES string of the molecule is CCCN1CCCC(Nc2ccccc2C(C)O)CC1. The van der Waals surface area contributed by atoms with E-state index in [1.807, 2.05) is 25.1 Å². The molecule has 1 saturated heterocycles. The third kappa shape index (κ3) is 4.22. The van der Waals surface area contributed by atoms with Gasteiger partial charge in [-0.25, -0.2) is 0 Å². The number of nitrogens with one attached hydrogen (secondary N) is 1. The molecule has 0 saturated carbocycles. The Morgan fingerprint density at radius 2 is 2.10 bits per heavy atom. The fraction of sp³-hybridized carbons (Fsp3) is 0.647. The molecule has 3 heteroatoms. The molecule has 2 rings (SSSR count). The van der Waals surface area contributed by atoms with Gasteiger partial charge in [-0.05, 0) is 51.8 Å². The van der Waals surface area contributed by atoms with E-state index in [1.54, 1.807) is 0 Å². The molecule has 1 aliphatic heterocycles. The van der Waals surface area contributed by atoms with Gasteiger partial charge in [0.05, 0.1) is 6.10 Å². The van der Waals surface area contributed by atoms with Crippen molar-refractivity contribution in [1.29, 1.82) is 0 Å². The van der Waals surface area contributed by atoms with Crippen LogP contribution in [0.2, 0.25) is 0 Å². The molecule has 1 heterocycles. The number of nitrogens with zero attached hydrogens (tertiary/aromatic N) is 1. The van der Waals surface area contributed by atoms with E-state index in [0.29, 0.717) is 6.04 Å². The number of anilines is 1. The average Bonchev–Trinajstić information content (AvgIpc) is 2.65. The van der Waals surface area contributed by atoms with Crippen LogP contribution in [0.15, 0.2) is 24.3 Å². The van der Waals surface area contributed by atoms with Crippen LogP contribution in [0.25, 0.3) is 0 Å². The number of para-hydroxylation sites is 1. The smallest absolute Gasteiger partial charge is 0.0781 e. The van der Waals surface area contributed by atoms with Gasteiger partial charge in [0.25, 0.3) is 0 Å². The number of hydrogen-bond acceptors (Lipinski definition) is 3. The summed E-state index contributed by atoms with van der Waals surface area (Å²) in [6, 6.07) is 8.64. The molecule has 0 radical (unpaired) electrons. The lowest BCUT2D eigenvalue weighted by Crippen LogP contribution is -2.27. The lowest BCUT2D eigenvalue weighted by molar-refractivity contribution is 0.200. The van der Waals surface area contributed by atoms with Gasteiger partial charge in [0.15, 0.2) is 0 Å². The molecule has 1 aliphatic rings. The van der Waals surface area contributed by atoms with E-state index in [9.17, 15) is 5.11 Å². The summed E-state index contributed by atoms with van der Waals surface area (Å²) in [4.78, 5) is 2.57. The summed E-state index contributed by atoms with van der Waals surface area (Å²) in [5.41, 5.74) is 2.10. The number of hydrogen-bond donors (Lipinski definition) is 2. The summed E-state index contributed by atoms with van der Waals surface area (Å²) in [5.74, 6) is 0. The standard InChI is InChI=1S/C17H28N2O/c1-3-11-19-12-6-7-15(10-13-19)18-17-9-5-4-8-16(17)14(2)20/h4-5,8-9,14-15,18,20H,3,6-7,10-13H2,1-2H3. The van der Waals surface area contributed by atoms with Crippen molar-refractivity contribution in [2.45, 2.75) is 51.7 Å². The number of rotatable bonds is 5. The minimum absolute atomic E-state index is 0.416. The molecule has 20 heavy (non-hydrogen) atoms. The van der Waals surface area contributed by atoms with Gasteiger partial charge in [0.2, 0.25) is 0 Å². The molecule has 0 spiro atoms. The second kappa shape index (κ2) is 7.65. The van der Waals surface area contributed by atoms with Crippen molar-refractivity contribution in [3.05, 3.63) is 29.8 Å². The Balaban J connectivity index is 1.96. The maximum absolute atomic E-state index is 9.85. The van der Waals surface area contributed by atoms with Crippen LogP contribution in [0.4, 0.5) is 5.69 Å². The van der Waals surface area contributed by atoms with Crippen LogP contribution in [0.1, 0.15) is 51.2 Å². The van der Waals surface area contributed by atoms with Gasteiger partial charge in [0.1, 0.15) is 0 Å². The average molecular weight is 276 g/mol. The quantitative estimate of drug-likeness (QED) is 0.865. The highest BCUT2D eigenvalue weighted by Crippen LogP contribution is 2.25. The van der Waals surface area contributed by atoms with E-state index in [2.05, 4.69) is 23.2 Å². The first-order valence-electron chi connectivity index (χ1n) is 7.96. The van der Waals surface area contributed by atoms with Crippen molar-refractivity contribution in [3.8, 4) is 0 Å². The highest BCUT2D eigenvalue weighted by molar-refractivity contribution is 5.52. The Labute approximate surface area is 123 Å². The highest BCUT2D eigenvalue weighted by Gasteiger charge is 2.17. The van der Waals surface area contributed by atoms with E-state index in [0.717, 1.165) is 11.3 Å². The zero-order valence-electron chi connectivity index (χ0n) is 12.8. The van der Waals surface area contributed by atoms with Crippen LogP contribution in [0, 0.1) is 0 Å². The number of benzene rings is 1. The maximum Gasteiger partial charge on any atom is 0.0781 e. The lowest BCUT2D eigenvalue weighted by atomic mass is 10.1. The number of likely N-dealkylation sites (tertiary alicyclic amines) is 1. The Hall–Kier alpha value is -1.06. The van der Waals surface area contributed by atoms with E-state index >= 15 is 0 Å². The van der Waals surface area contributed by atoms with Gasteiger partial charge >= 0.3 is 0 Å². The molecule has 2 N–H and O–H groups in total. The first-order chi connectivity index (χ1) is 9.70. The molecular weight excluding hydrogens is 248 g/mol. The van der Waals surface area contributed by atoms with Gasteiger partial charge in [-0.3, -0.25) is 0 Å². The molecule has 1 aromatic rings. The normalized spacial score (nSPS) is 22.2. The fourth-order valence-electron chi connectivity index (χ4n) is 3.05. The van der Waals surface area contributed by atoms with Crippen molar-refractivity contribution in [3.63, 3.8) is 0 Å². The van der Waals surface area contributed by atoms with Crippen molar-refractivity contribution < 1.29 is 5.11 Å². The molecular formula is C17H28N2O. The van der Waals surface area contributed by atoms with Crippen molar-refractivity contribution >= 4 is 5.69 Å². The van der Waals surface area contributed by atoms with E-state index in [-0.39, 0.29) is 0 Å². The summed E-state index contributed by atoms with van der Waals surface area (Å²) in [6.07, 6.45) is 4.49. The molecule has 0 amide bonds. The second-order valence-electron chi connectivity index (χ2n) is 5.88. The molecule has 1 aromatic carbocycles. The van der Waals surface area contributed by atoms with Crippen LogP contribution in [0.3, 0.4) is 0 Å². The van der Waals surface area contributed by atoms with Crippen LogP contribution < -0.4 is 5.32 Å². The third-order valence-corrected chi connectivity index (χ3v) is 4.13. The Morgan fingerprint density at radius 3 is 2.85 bits per heavy atom. The monoisotopic (exact) mass is 276 g/mol. The molecule has 3 nitrogen and oxygen atoms in total. The van der Waals surface area contributed by atoms with E-state index in [4.69, 9.17) is 0 Å². The molecule has 0 aliphatic carbocycles. The van der Waals surface area contributed by atoms with Crippen LogP contribution in [0.5, 0.6) is 0 Å². The number of aliphatic hydroxyl groups excluding tert-OH is 1. The van der Waals surface area contributed by atoms with Gasteiger partial charge < -0.3 is 15.3 Å². The van der Waals surface area contributed by atoms with Gasteiger partial charge in [-0.1, -0.05) is 25.1 Å². The highest BCUT2D eigenvalue weighted by atomic mass is 16.3. The van der Waals surface area contributed by atoms with Crippen molar-refractivity contribution in [1.82, 2.24) is 4.90 Å². The van der Waals surface area contributed by atoms with E-state index < -0.39 is 6.10 Å². The maximum atomic E-state index is 9.85. The van der Waals surface area contributed by atoms with Crippen molar-refractivity contribution in [2.24, 2.45) is 0 Å². The first kappa shape index (κ1) is 15.3. The number of aliphatic hydroxyl groups is 1. The molecule has 0 bridgehead atoms. The topological polar surface area (TPSA) is 35.5 Å². The second-order valence-corrected chi connectivity index (χ2v) is 5.88. The molecule has 112 valence electrons. The van der Waals surface area contributed by atoms with Gasteiger partial charge in [0, 0.05) is 23.8 Å². The summed E-state index contributed by atoms with van der Waals surface area (Å²) in [6.45, 7) is 7.71. The minimum atomic E-state index is -0.416. The third-order valence-electron chi connectivity index (χ3n) is 4.13. The van der Waals surface area contributed by atoms with Crippen LogP contribution in [-0.2, 0) is 0 Å². The zero-order chi connectivity index (χ0) is 14.4. The van der Waals surface area contributed by atoms with Gasteiger partial charge in [-0.2, -0.15) is 0 Å². The minimum Gasteiger partial charge on any atom is -0.389 e. The molecule has 2 atom stereocenters. The summed E-state index contributed by atoms with van der Waals surface area (Å²) >= 11 is 0.